The zero-order valence-corrected chi connectivity index (χ0v) is 12.3. The summed E-state index contributed by atoms with van der Waals surface area (Å²) in [4.78, 5) is 22.8. The lowest BCUT2D eigenvalue weighted by Gasteiger charge is -2.19. The van der Waals surface area contributed by atoms with Gasteiger partial charge in [-0.2, -0.15) is 11.8 Å². The molecule has 0 aliphatic rings. The Balaban J connectivity index is 4.22. The highest BCUT2D eigenvalue weighted by molar-refractivity contribution is 7.98. The van der Waals surface area contributed by atoms with E-state index < -0.39 is 12.1 Å². The Hall–Kier alpha value is -0.910. The molecule has 0 aliphatic carbocycles. The maximum atomic E-state index is 11.9. The first-order chi connectivity index (χ1) is 8.54. The van der Waals surface area contributed by atoms with Crippen LogP contribution in [-0.2, 0) is 4.79 Å². The van der Waals surface area contributed by atoms with Crippen molar-refractivity contribution >= 4 is 23.7 Å². The van der Waals surface area contributed by atoms with Gasteiger partial charge >= 0.3 is 6.03 Å². The van der Waals surface area contributed by atoms with Crippen molar-refractivity contribution in [3.8, 4) is 0 Å². The second kappa shape index (κ2) is 10.1. The summed E-state index contributed by atoms with van der Waals surface area (Å²) in [6, 6.07) is -1.18. The van der Waals surface area contributed by atoms with Gasteiger partial charge in [-0.15, -0.1) is 0 Å². The van der Waals surface area contributed by atoms with Crippen molar-refractivity contribution in [3.63, 3.8) is 0 Å². The van der Waals surface area contributed by atoms with Gasteiger partial charge in [0.05, 0.1) is 0 Å². The molecule has 1 unspecified atom stereocenters. The quantitative estimate of drug-likeness (QED) is 0.593. The fourth-order valence-electron chi connectivity index (χ4n) is 1.62. The lowest BCUT2D eigenvalue weighted by Crippen LogP contribution is -2.49. The van der Waals surface area contributed by atoms with E-state index in [2.05, 4.69) is 24.5 Å². The summed E-state index contributed by atoms with van der Waals surface area (Å²) in [5.74, 6) is 1.15. The van der Waals surface area contributed by atoms with Gasteiger partial charge in [-0.3, -0.25) is 4.79 Å². The lowest BCUT2D eigenvalue weighted by atomic mass is 10.0. The highest BCUT2D eigenvalue weighted by Gasteiger charge is 2.19. The fraction of sp³-hybridized carbons (Fsp3) is 0.833. The van der Waals surface area contributed by atoms with Gasteiger partial charge in [-0.05, 0) is 24.3 Å². The largest absolute Gasteiger partial charge is 0.354 e. The molecule has 0 saturated heterocycles. The van der Waals surface area contributed by atoms with Crippen molar-refractivity contribution in [1.29, 1.82) is 0 Å². The molecule has 0 radical (unpaired) electrons. The van der Waals surface area contributed by atoms with Crippen molar-refractivity contribution in [2.45, 2.75) is 39.2 Å². The summed E-state index contributed by atoms with van der Waals surface area (Å²) >= 11 is 1.64. The molecule has 0 aromatic carbocycles. The normalized spacial score (nSPS) is 12.2. The van der Waals surface area contributed by atoms with E-state index in [1.165, 1.54) is 0 Å². The minimum atomic E-state index is -0.654. The molecule has 0 bridgehead atoms. The van der Waals surface area contributed by atoms with Gasteiger partial charge in [-0.1, -0.05) is 26.7 Å². The molecule has 5 nitrogen and oxygen atoms in total. The monoisotopic (exact) mass is 275 g/mol. The minimum Gasteiger partial charge on any atom is -0.354 e. The van der Waals surface area contributed by atoms with Gasteiger partial charge < -0.3 is 16.4 Å². The van der Waals surface area contributed by atoms with E-state index in [1.54, 1.807) is 11.8 Å². The zero-order chi connectivity index (χ0) is 14.0. The van der Waals surface area contributed by atoms with E-state index in [1.807, 2.05) is 6.26 Å². The summed E-state index contributed by atoms with van der Waals surface area (Å²) in [6.45, 7) is 4.86. The smallest absolute Gasteiger partial charge is 0.312 e. The van der Waals surface area contributed by atoms with E-state index in [4.69, 9.17) is 5.73 Å². The molecule has 0 aromatic heterocycles. The second-order valence-corrected chi connectivity index (χ2v) is 5.26. The number of nitrogens with two attached hydrogens (primary N) is 1. The Bertz CT molecular complexity index is 258. The van der Waals surface area contributed by atoms with Crippen LogP contribution in [0.5, 0.6) is 0 Å². The standard InChI is InChI=1S/C12H25N3O2S/c1-4-9(5-2)8-14-11(16)10(6-7-18-3)15-12(13)17/h9-10H,4-8H2,1-3H3,(H,14,16)(H3,13,15,17). The Morgan fingerprint density at radius 2 is 1.89 bits per heavy atom. The molecule has 0 heterocycles. The molecule has 4 N–H and O–H groups in total. The predicted molar refractivity (Wildman–Crippen MR) is 76.6 cm³/mol. The number of nitrogens with one attached hydrogen (secondary N) is 2. The summed E-state index contributed by atoms with van der Waals surface area (Å²) in [6.07, 6.45) is 4.63. The number of carbonyl (C=O) groups excluding carboxylic acids is 2. The average Bonchev–Trinajstić information content (AvgIpc) is 2.35. The van der Waals surface area contributed by atoms with Crippen molar-refractivity contribution in [2.75, 3.05) is 18.6 Å². The third-order valence-electron chi connectivity index (χ3n) is 2.96. The first-order valence-corrected chi connectivity index (χ1v) is 7.77. The molecule has 0 aliphatic heterocycles. The number of primary amides is 1. The number of hydrogen-bond acceptors (Lipinski definition) is 3. The summed E-state index contributed by atoms with van der Waals surface area (Å²) in [5, 5.41) is 5.37. The van der Waals surface area contributed by atoms with Crippen LogP contribution in [0.2, 0.25) is 0 Å². The number of carbonyl (C=O) groups is 2. The van der Waals surface area contributed by atoms with Gasteiger partial charge in [0.25, 0.3) is 0 Å². The van der Waals surface area contributed by atoms with E-state index in [0.29, 0.717) is 18.9 Å². The van der Waals surface area contributed by atoms with Crippen LogP contribution in [0.25, 0.3) is 0 Å². The summed E-state index contributed by atoms with van der Waals surface area (Å²) in [5.41, 5.74) is 5.07. The summed E-state index contributed by atoms with van der Waals surface area (Å²) in [7, 11) is 0. The Morgan fingerprint density at radius 3 is 2.33 bits per heavy atom. The van der Waals surface area contributed by atoms with Gasteiger partial charge in [0.15, 0.2) is 0 Å². The maximum Gasteiger partial charge on any atom is 0.312 e. The SMILES string of the molecule is CCC(CC)CNC(=O)C(CCSC)NC(N)=O. The summed E-state index contributed by atoms with van der Waals surface area (Å²) < 4.78 is 0. The first-order valence-electron chi connectivity index (χ1n) is 6.37. The predicted octanol–water partition coefficient (Wildman–Crippen LogP) is 1.33. The third kappa shape index (κ3) is 7.42. The number of urea groups is 1. The molecule has 6 heteroatoms. The van der Waals surface area contributed by atoms with E-state index >= 15 is 0 Å². The van der Waals surface area contributed by atoms with Gasteiger partial charge in [0, 0.05) is 6.54 Å². The van der Waals surface area contributed by atoms with Crippen LogP contribution in [-0.4, -0.2) is 36.5 Å². The molecule has 3 amide bonds. The molecule has 0 rings (SSSR count). The lowest BCUT2D eigenvalue weighted by molar-refractivity contribution is -0.123. The van der Waals surface area contributed by atoms with Crippen LogP contribution in [0.15, 0.2) is 0 Å². The van der Waals surface area contributed by atoms with E-state index in [9.17, 15) is 9.59 Å². The third-order valence-corrected chi connectivity index (χ3v) is 3.61. The second-order valence-electron chi connectivity index (χ2n) is 4.27. The molecule has 0 fully saturated rings. The van der Waals surface area contributed by atoms with Crippen molar-refractivity contribution in [2.24, 2.45) is 11.7 Å². The van der Waals surface area contributed by atoms with Crippen LogP contribution in [0, 0.1) is 5.92 Å². The van der Waals surface area contributed by atoms with Gasteiger partial charge in [-0.25, -0.2) is 4.79 Å². The van der Waals surface area contributed by atoms with Crippen LogP contribution in [0.4, 0.5) is 4.79 Å². The number of rotatable bonds is 9. The van der Waals surface area contributed by atoms with Crippen molar-refractivity contribution < 1.29 is 9.59 Å². The van der Waals surface area contributed by atoms with E-state index in [-0.39, 0.29) is 5.91 Å². The zero-order valence-electron chi connectivity index (χ0n) is 11.5. The highest BCUT2D eigenvalue weighted by atomic mass is 32.2. The maximum absolute atomic E-state index is 11.9. The van der Waals surface area contributed by atoms with Crippen LogP contribution in [0.3, 0.4) is 0 Å². The van der Waals surface area contributed by atoms with Crippen LogP contribution >= 0.6 is 11.8 Å². The number of thioether (sulfide) groups is 1. The first kappa shape index (κ1) is 17.1. The topological polar surface area (TPSA) is 84.2 Å². The van der Waals surface area contributed by atoms with Crippen molar-refractivity contribution in [1.82, 2.24) is 10.6 Å². The number of hydrogen-bond donors (Lipinski definition) is 3. The molecular formula is C12H25N3O2S. The molecule has 1 atom stereocenters. The van der Waals surface area contributed by atoms with Gasteiger partial charge in [0.2, 0.25) is 5.91 Å². The molecule has 18 heavy (non-hydrogen) atoms. The molecule has 106 valence electrons. The Labute approximate surface area is 114 Å². The van der Waals surface area contributed by atoms with E-state index in [0.717, 1.165) is 18.6 Å². The molecule has 0 saturated carbocycles. The van der Waals surface area contributed by atoms with Gasteiger partial charge in [0.1, 0.15) is 6.04 Å². The Kier molecular flexibility index (Phi) is 9.55. The van der Waals surface area contributed by atoms with Crippen LogP contribution < -0.4 is 16.4 Å². The van der Waals surface area contributed by atoms with Crippen LogP contribution in [0.1, 0.15) is 33.1 Å². The molecular weight excluding hydrogens is 250 g/mol. The highest BCUT2D eigenvalue weighted by Crippen LogP contribution is 2.06. The fourth-order valence-corrected chi connectivity index (χ4v) is 2.09. The molecule has 0 aromatic rings. The number of amides is 3. The average molecular weight is 275 g/mol. The molecule has 0 spiro atoms. The Morgan fingerprint density at radius 1 is 1.28 bits per heavy atom. The minimum absolute atomic E-state index is 0.144. The van der Waals surface area contributed by atoms with Crippen molar-refractivity contribution in [3.05, 3.63) is 0 Å².